The van der Waals surface area contributed by atoms with Crippen LogP contribution in [0.1, 0.15) is 5.56 Å². The lowest BCUT2D eigenvalue weighted by Gasteiger charge is -2.23. The summed E-state index contributed by atoms with van der Waals surface area (Å²) in [5.74, 6) is 0.661. The van der Waals surface area contributed by atoms with Crippen molar-refractivity contribution in [1.82, 2.24) is 0 Å². The van der Waals surface area contributed by atoms with E-state index in [9.17, 15) is 13.2 Å². The predicted molar refractivity (Wildman–Crippen MR) is 101 cm³/mol. The second-order valence-electron chi connectivity index (χ2n) is 6.77. The maximum absolute atomic E-state index is 13.2. The van der Waals surface area contributed by atoms with Gasteiger partial charge < -0.3 is 4.74 Å². The summed E-state index contributed by atoms with van der Waals surface area (Å²) < 4.78 is 29.7. The number of urea groups is 1. The van der Waals surface area contributed by atoms with Gasteiger partial charge in [0, 0.05) is 11.4 Å². The first-order chi connectivity index (χ1) is 12.4. The van der Waals surface area contributed by atoms with Crippen LogP contribution in [0.3, 0.4) is 0 Å². The molecule has 2 atom stereocenters. The number of rotatable bonds is 3. The third-order valence-electron chi connectivity index (χ3n) is 5.00. The number of sulfone groups is 1. The van der Waals surface area contributed by atoms with Gasteiger partial charge in [-0.2, -0.15) is 0 Å². The summed E-state index contributed by atoms with van der Waals surface area (Å²) in [6.07, 6.45) is 0. The SMILES string of the molecule is COc1ccc(N2C(=O)N(c3cccc(C)c3)[C@@H]3CS(=O)(=O)C[C@H]32)cc1. The summed E-state index contributed by atoms with van der Waals surface area (Å²) >= 11 is 0. The first kappa shape index (κ1) is 16.9. The molecule has 0 saturated carbocycles. The number of hydrogen-bond acceptors (Lipinski definition) is 4. The zero-order chi connectivity index (χ0) is 18.5. The number of amides is 2. The van der Waals surface area contributed by atoms with E-state index in [0.717, 1.165) is 11.3 Å². The lowest BCUT2D eigenvalue weighted by molar-refractivity contribution is 0.255. The van der Waals surface area contributed by atoms with E-state index in [-0.39, 0.29) is 29.6 Å². The summed E-state index contributed by atoms with van der Waals surface area (Å²) in [5, 5.41) is 0. The number of anilines is 2. The van der Waals surface area contributed by atoms with Crippen molar-refractivity contribution in [3.63, 3.8) is 0 Å². The summed E-state index contributed by atoms with van der Waals surface area (Å²) in [6, 6.07) is 13.8. The molecule has 0 bridgehead atoms. The second kappa shape index (κ2) is 6.02. The predicted octanol–water partition coefficient (Wildman–Crippen LogP) is 2.62. The van der Waals surface area contributed by atoms with Crippen molar-refractivity contribution in [3.05, 3.63) is 54.1 Å². The molecule has 2 amide bonds. The molecule has 6 nitrogen and oxygen atoms in total. The highest BCUT2D eigenvalue weighted by molar-refractivity contribution is 7.91. The average molecular weight is 372 g/mol. The van der Waals surface area contributed by atoms with Gasteiger partial charge in [-0.3, -0.25) is 9.80 Å². The Hall–Kier alpha value is -2.54. The van der Waals surface area contributed by atoms with Crippen molar-refractivity contribution in [1.29, 1.82) is 0 Å². The van der Waals surface area contributed by atoms with Gasteiger partial charge in [-0.15, -0.1) is 0 Å². The molecule has 26 heavy (non-hydrogen) atoms. The van der Waals surface area contributed by atoms with Gasteiger partial charge >= 0.3 is 6.03 Å². The Morgan fingerprint density at radius 3 is 2.15 bits per heavy atom. The van der Waals surface area contributed by atoms with Gasteiger partial charge in [0.25, 0.3) is 0 Å². The van der Waals surface area contributed by atoms with E-state index in [1.54, 1.807) is 41.2 Å². The van der Waals surface area contributed by atoms with E-state index >= 15 is 0 Å². The standard InChI is InChI=1S/C19H20N2O4S/c1-13-4-3-5-15(10-13)21-18-12-26(23,24)11-17(18)20(19(21)22)14-6-8-16(25-2)9-7-14/h3-10,17-18H,11-12H2,1-2H3/t17-,18-/m1/s1. The fraction of sp³-hybridized carbons (Fsp3) is 0.316. The molecule has 2 saturated heterocycles. The number of nitrogens with zero attached hydrogens (tertiary/aromatic N) is 2. The Morgan fingerprint density at radius 1 is 0.962 bits per heavy atom. The molecule has 0 N–H and O–H groups in total. The summed E-state index contributed by atoms with van der Waals surface area (Å²) in [4.78, 5) is 16.5. The van der Waals surface area contributed by atoms with Gasteiger partial charge in [0.1, 0.15) is 5.75 Å². The minimum absolute atomic E-state index is 0.00992. The third-order valence-corrected chi connectivity index (χ3v) is 6.70. The Kier molecular flexibility index (Phi) is 3.91. The van der Waals surface area contributed by atoms with Crippen LogP contribution in [-0.2, 0) is 9.84 Å². The van der Waals surface area contributed by atoms with Crippen molar-refractivity contribution in [3.8, 4) is 5.75 Å². The summed E-state index contributed by atoms with van der Waals surface area (Å²) in [7, 11) is -1.62. The molecule has 2 aromatic rings. The Morgan fingerprint density at radius 2 is 1.58 bits per heavy atom. The van der Waals surface area contributed by atoms with Crippen LogP contribution in [-0.4, -0.2) is 45.1 Å². The number of carbonyl (C=O) groups is 1. The number of fused-ring (bicyclic) bond motifs is 1. The molecule has 2 heterocycles. The Bertz CT molecular complexity index is 956. The molecule has 0 radical (unpaired) electrons. The van der Waals surface area contributed by atoms with Gasteiger partial charge in [0.2, 0.25) is 0 Å². The van der Waals surface area contributed by atoms with Gasteiger partial charge in [0.05, 0.1) is 30.7 Å². The number of methoxy groups -OCH3 is 1. The average Bonchev–Trinajstić information content (AvgIpc) is 3.03. The molecule has 2 fully saturated rings. The smallest absolute Gasteiger partial charge is 0.329 e. The van der Waals surface area contributed by atoms with Crippen LogP contribution in [0.15, 0.2) is 48.5 Å². The summed E-state index contributed by atoms with van der Waals surface area (Å²) in [6.45, 7) is 1.95. The Balaban J connectivity index is 1.78. The third kappa shape index (κ3) is 2.72. The highest BCUT2D eigenvalue weighted by atomic mass is 32.2. The number of benzene rings is 2. The van der Waals surface area contributed by atoms with Crippen molar-refractivity contribution in [2.75, 3.05) is 28.4 Å². The van der Waals surface area contributed by atoms with Crippen molar-refractivity contribution in [2.45, 2.75) is 19.0 Å². The Labute approximate surface area is 152 Å². The van der Waals surface area contributed by atoms with E-state index in [4.69, 9.17) is 4.74 Å². The zero-order valence-electron chi connectivity index (χ0n) is 14.6. The van der Waals surface area contributed by atoms with Gasteiger partial charge in [-0.25, -0.2) is 13.2 Å². The van der Waals surface area contributed by atoms with Gasteiger partial charge in [-0.1, -0.05) is 12.1 Å². The van der Waals surface area contributed by atoms with Crippen molar-refractivity contribution >= 4 is 27.2 Å². The number of aryl methyl sites for hydroxylation is 1. The van der Waals surface area contributed by atoms with Crippen LogP contribution < -0.4 is 14.5 Å². The molecule has 0 unspecified atom stereocenters. The molecule has 2 aromatic carbocycles. The first-order valence-corrected chi connectivity index (χ1v) is 10.3. The molecular weight excluding hydrogens is 352 g/mol. The van der Waals surface area contributed by atoms with Crippen LogP contribution in [0.5, 0.6) is 5.75 Å². The highest BCUT2D eigenvalue weighted by Gasteiger charge is 2.54. The molecule has 2 aliphatic heterocycles. The molecule has 2 aliphatic rings. The molecule has 0 spiro atoms. The van der Waals surface area contributed by atoms with Crippen LogP contribution in [0.25, 0.3) is 0 Å². The van der Waals surface area contributed by atoms with Crippen LogP contribution >= 0.6 is 0 Å². The first-order valence-electron chi connectivity index (χ1n) is 8.43. The number of carbonyl (C=O) groups excluding carboxylic acids is 1. The molecule has 4 rings (SSSR count). The minimum atomic E-state index is -3.19. The fourth-order valence-corrected chi connectivity index (χ4v) is 5.75. The monoisotopic (exact) mass is 372 g/mol. The normalized spacial score (nSPS) is 24.0. The summed E-state index contributed by atoms with van der Waals surface area (Å²) in [5.41, 5.74) is 2.44. The fourth-order valence-electron chi connectivity index (χ4n) is 3.83. The van der Waals surface area contributed by atoms with Gasteiger partial charge in [-0.05, 0) is 48.9 Å². The van der Waals surface area contributed by atoms with Crippen LogP contribution in [0.2, 0.25) is 0 Å². The van der Waals surface area contributed by atoms with Crippen LogP contribution in [0.4, 0.5) is 16.2 Å². The molecule has 136 valence electrons. The topological polar surface area (TPSA) is 66.9 Å². The maximum atomic E-state index is 13.2. The van der Waals surface area contributed by atoms with Gasteiger partial charge in [0.15, 0.2) is 9.84 Å². The quantitative estimate of drug-likeness (QED) is 0.777. The van der Waals surface area contributed by atoms with Crippen molar-refractivity contribution in [2.24, 2.45) is 0 Å². The van der Waals surface area contributed by atoms with E-state index < -0.39 is 9.84 Å². The van der Waals surface area contributed by atoms with Crippen LogP contribution in [0, 0.1) is 6.92 Å². The lowest BCUT2D eigenvalue weighted by Crippen LogP contribution is -2.37. The van der Waals surface area contributed by atoms with Crippen molar-refractivity contribution < 1.29 is 17.9 Å². The largest absolute Gasteiger partial charge is 0.497 e. The highest BCUT2D eigenvalue weighted by Crippen LogP contribution is 2.38. The lowest BCUT2D eigenvalue weighted by atomic mass is 10.1. The number of ether oxygens (including phenoxy) is 1. The van der Waals surface area contributed by atoms with E-state index in [2.05, 4.69) is 0 Å². The number of hydrogen-bond donors (Lipinski definition) is 0. The molecule has 0 aromatic heterocycles. The molecule has 7 heteroatoms. The van der Waals surface area contributed by atoms with E-state index in [0.29, 0.717) is 11.4 Å². The molecule has 0 aliphatic carbocycles. The zero-order valence-corrected chi connectivity index (χ0v) is 15.4. The van der Waals surface area contributed by atoms with E-state index in [1.807, 2.05) is 31.2 Å². The maximum Gasteiger partial charge on any atom is 0.329 e. The molecular formula is C19H20N2O4S. The van der Waals surface area contributed by atoms with E-state index in [1.165, 1.54) is 0 Å². The minimum Gasteiger partial charge on any atom is -0.497 e. The second-order valence-corrected chi connectivity index (χ2v) is 8.93.